The third-order valence-electron chi connectivity index (χ3n) is 2.41. The van der Waals surface area contributed by atoms with Crippen LogP contribution >= 0.6 is 11.6 Å². The van der Waals surface area contributed by atoms with Gasteiger partial charge in [-0.15, -0.1) is 0 Å². The van der Waals surface area contributed by atoms with E-state index < -0.39 is 12.6 Å². The molecule has 1 rings (SSSR count). The molecule has 1 aromatic heterocycles. The Morgan fingerprint density at radius 2 is 2.12 bits per heavy atom. The van der Waals surface area contributed by atoms with Gasteiger partial charge in [-0.05, 0) is 32.0 Å². The maximum atomic E-state index is 12.0. The van der Waals surface area contributed by atoms with Crippen molar-refractivity contribution in [2.75, 3.05) is 7.05 Å². The molecule has 0 aliphatic rings. The molecule has 1 heterocycles. The Morgan fingerprint density at radius 1 is 1.41 bits per heavy atom. The van der Waals surface area contributed by atoms with Crippen molar-refractivity contribution in [2.24, 2.45) is 0 Å². The maximum absolute atomic E-state index is 12.0. The summed E-state index contributed by atoms with van der Waals surface area (Å²) in [7, 11) is 1.70. The number of nitrogens with one attached hydrogen (secondary N) is 1. The lowest BCUT2D eigenvalue weighted by molar-refractivity contribution is -0.135. The molecule has 2 nitrogen and oxygen atoms in total. The Morgan fingerprint density at radius 3 is 2.59 bits per heavy atom. The third kappa shape index (κ3) is 5.37. The van der Waals surface area contributed by atoms with Crippen LogP contribution < -0.4 is 5.32 Å². The lowest BCUT2D eigenvalue weighted by Gasteiger charge is -2.16. The standard InChI is InChI=1S/C11H14ClF3N2/c1-16-9(3-2-6-11(13,14)15)10-5-4-8(12)7-17-10/h4-5,7,9,16H,2-3,6H2,1H3. The van der Waals surface area contributed by atoms with E-state index >= 15 is 0 Å². The second-order valence-corrected chi connectivity index (χ2v) is 4.19. The molecule has 1 aromatic rings. The molecule has 17 heavy (non-hydrogen) atoms. The lowest BCUT2D eigenvalue weighted by atomic mass is 10.1. The van der Waals surface area contributed by atoms with Gasteiger partial charge in [0.15, 0.2) is 0 Å². The largest absolute Gasteiger partial charge is 0.389 e. The molecule has 0 aliphatic heterocycles. The molecular formula is C11H14ClF3N2. The molecule has 0 spiro atoms. The topological polar surface area (TPSA) is 24.9 Å². The van der Waals surface area contributed by atoms with Crippen LogP contribution in [0.5, 0.6) is 0 Å². The van der Waals surface area contributed by atoms with Gasteiger partial charge >= 0.3 is 6.18 Å². The highest BCUT2D eigenvalue weighted by Gasteiger charge is 2.26. The first-order valence-corrected chi connectivity index (χ1v) is 5.65. The van der Waals surface area contributed by atoms with Crippen LogP contribution in [0.15, 0.2) is 18.3 Å². The van der Waals surface area contributed by atoms with Crippen molar-refractivity contribution >= 4 is 11.6 Å². The van der Waals surface area contributed by atoms with Crippen LogP contribution in [0.4, 0.5) is 13.2 Å². The summed E-state index contributed by atoms with van der Waals surface area (Å²) in [5, 5.41) is 3.46. The summed E-state index contributed by atoms with van der Waals surface area (Å²) in [5.74, 6) is 0. The predicted molar refractivity (Wildman–Crippen MR) is 61.0 cm³/mol. The first-order chi connectivity index (χ1) is 7.92. The third-order valence-corrected chi connectivity index (χ3v) is 2.63. The highest BCUT2D eigenvalue weighted by atomic mass is 35.5. The lowest BCUT2D eigenvalue weighted by Crippen LogP contribution is -2.18. The van der Waals surface area contributed by atoms with E-state index in [-0.39, 0.29) is 12.5 Å². The van der Waals surface area contributed by atoms with Gasteiger partial charge in [0.25, 0.3) is 0 Å². The van der Waals surface area contributed by atoms with E-state index in [0.717, 1.165) is 0 Å². The smallest absolute Gasteiger partial charge is 0.312 e. The van der Waals surface area contributed by atoms with Crippen molar-refractivity contribution < 1.29 is 13.2 Å². The fraction of sp³-hybridized carbons (Fsp3) is 0.545. The number of pyridine rings is 1. The molecule has 0 fully saturated rings. The van der Waals surface area contributed by atoms with Crippen molar-refractivity contribution in [2.45, 2.75) is 31.5 Å². The van der Waals surface area contributed by atoms with Gasteiger partial charge in [-0.1, -0.05) is 11.6 Å². The van der Waals surface area contributed by atoms with E-state index in [0.29, 0.717) is 17.1 Å². The second-order valence-electron chi connectivity index (χ2n) is 3.75. The summed E-state index contributed by atoms with van der Waals surface area (Å²) >= 11 is 5.69. The summed E-state index contributed by atoms with van der Waals surface area (Å²) < 4.78 is 36.0. The van der Waals surface area contributed by atoms with Gasteiger partial charge in [0.05, 0.1) is 10.7 Å². The van der Waals surface area contributed by atoms with Crippen LogP contribution in [0.3, 0.4) is 0 Å². The molecule has 1 atom stereocenters. The zero-order chi connectivity index (χ0) is 12.9. The van der Waals surface area contributed by atoms with Gasteiger partial charge in [-0.2, -0.15) is 13.2 Å². The molecule has 0 radical (unpaired) electrons. The fourth-order valence-corrected chi connectivity index (χ4v) is 1.65. The first kappa shape index (κ1) is 14.3. The normalized spacial score (nSPS) is 13.7. The Balaban J connectivity index is 2.51. The second kappa shape index (κ2) is 6.21. The number of rotatable bonds is 5. The Bertz CT molecular complexity index is 338. The van der Waals surface area contributed by atoms with E-state index in [4.69, 9.17) is 11.6 Å². The molecule has 0 amide bonds. The minimum Gasteiger partial charge on any atom is -0.312 e. The zero-order valence-corrected chi connectivity index (χ0v) is 10.1. The molecule has 6 heteroatoms. The molecule has 0 saturated heterocycles. The predicted octanol–water partition coefficient (Wildman–Crippen LogP) is 3.73. The SMILES string of the molecule is CNC(CCCC(F)(F)F)c1ccc(Cl)cn1. The molecule has 96 valence electrons. The van der Waals surface area contributed by atoms with Crippen LogP contribution in [0, 0.1) is 0 Å². The Kier molecular flexibility index (Phi) is 5.21. The van der Waals surface area contributed by atoms with Gasteiger partial charge in [-0.25, -0.2) is 0 Å². The van der Waals surface area contributed by atoms with Crippen LogP contribution in [0.2, 0.25) is 5.02 Å². The van der Waals surface area contributed by atoms with Gasteiger partial charge in [0.2, 0.25) is 0 Å². The van der Waals surface area contributed by atoms with E-state index in [1.54, 1.807) is 19.2 Å². The molecule has 0 aromatic carbocycles. The summed E-state index contributed by atoms with van der Waals surface area (Å²) in [6.07, 6.45) is -2.89. The quantitative estimate of drug-likeness (QED) is 0.878. The molecular weight excluding hydrogens is 253 g/mol. The summed E-state index contributed by atoms with van der Waals surface area (Å²) in [6.45, 7) is 0. The number of alkyl halides is 3. The van der Waals surface area contributed by atoms with E-state index in [1.165, 1.54) is 6.20 Å². The summed E-state index contributed by atoms with van der Waals surface area (Å²) in [5.41, 5.74) is 0.707. The van der Waals surface area contributed by atoms with Crippen molar-refractivity contribution in [1.82, 2.24) is 10.3 Å². The van der Waals surface area contributed by atoms with Crippen molar-refractivity contribution in [3.63, 3.8) is 0 Å². The molecule has 1 N–H and O–H groups in total. The first-order valence-electron chi connectivity index (χ1n) is 5.28. The minimum atomic E-state index is -4.09. The van der Waals surface area contributed by atoms with E-state index in [9.17, 15) is 13.2 Å². The number of hydrogen-bond acceptors (Lipinski definition) is 2. The number of halogens is 4. The monoisotopic (exact) mass is 266 g/mol. The molecule has 0 bridgehead atoms. The Labute approximate surface area is 103 Å². The summed E-state index contributed by atoms with van der Waals surface area (Å²) in [6, 6.07) is 3.23. The maximum Gasteiger partial charge on any atom is 0.389 e. The molecule has 0 saturated carbocycles. The van der Waals surface area contributed by atoms with Crippen molar-refractivity contribution in [1.29, 1.82) is 0 Å². The van der Waals surface area contributed by atoms with Crippen molar-refractivity contribution in [3.8, 4) is 0 Å². The highest BCUT2D eigenvalue weighted by Crippen LogP contribution is 2.25. The number of nitrogens with zero attached hydrogens (tertiary/aromatic N) is 1. The van der Waals surface area contributed by atoms with Crippen LogP contribution in [-0.4, -0.2) is 18.2 Å². The zero-order valence-electron chi connectivity index (χ0n) is 9.39. The van der Waals surface area contributed by atoms with Crippen LogP contribution in [-0.2, 0) is 0 Å². The van der Waals surface area contributed by atoms with E-state index in [2.05, 4.69) is 10.3 Å². The minimum absolute atomic E-state index is 0.0827. The fourth-order valence-electron chi connectivity index (χ4n) is 1.54. The highest BCUT2D eigenvalue weighted by molar-refractivity contribution is 6.30. The summed E-state index contributed by atoms with van der Waals surface area (Å²) in [4.78, 5) is 4.09. The molecule has 0 aliphatic carbocycles. The van der Waals surface area contributed by atoms with E-state index in [1.807, 2.05) is 0 Å². The van der Waals surface area contributed by atoms with Crippen LogP contribution in [0.25, 0.3) is 0 Å². The van der Waals surface area contributed by atoms with Gasteiger partial charge in [0.1, 0.15) is 0 Å². The molecule has 1 unspecified atom stereocenters. The van der Waals surface area contributed by atoms with Crippen molar-refractivity contribution in [3.05, 3.63) is 29.0 Å². The van der Waals surface area contributed by atoms with Gasteiger partial charge in [0, 0.05) is 18.7 Å². The Hall–Kier alpha value is -0.810. The van der Waals surface area contributed by atoms with Gasteiger partial charge in [-0.3, -0.25) is 4.98 Å². The number of aromatic nitrogens is 1. The number of hydrogen-bond donors (Lipinski definition) is 1. The average molecular weight is 267 g/mol. The van der Waals surface area contributed by atoms with Crippen LogP contribution in [0.1, 0.15) is 31.0 Å². The average Bonchev–Trinajstić information content (AvgIpc) is 2.24. The van der Waals surface area contributed by atoms with Gasteiger partial charge < -0.3 is 5.32 Å².